The van der Waals surface area contributed by atoms with Gasteiger partial charge in [-0.3, -0.25) is 24.5 Å². The number of nitrogens with one attached hydrogen (secondary N) is 1. The van der Waals surface area contributed by atoms with Gasteiger partial charge in [0.2, 0.25) is 17.7 Å². The molecule has 8 rings (SSSR count). The van der Waals surface area contributed by atoms with Gasteiger partial charge in [0.1, 0.15) is 5.69 Å². The largest absolute Gasteiger partial charge is 0.347 e. The number of hydrazone groups is 1. The minimum atomic E-state index is -1.23. The Hall–Kier alpha value is -4.74. The van der Waals surface area contributed by atoms with Crippen LogP contribution in [0.2, 0.25) is 0 Å². The molecule has 3 aromatic rings. The summed E-state index contributed by atoms with van der Waals surface area (Å²) in [7, 11) is 0. The number of anilines is 1. The van der Waals surface area contributed by atoms with Crippen molar-refractivity contribution in [2.45, 2.75) is 37.4 Å². The van der Waals surface area contributed by atoms with Crippen molar-refractivity contribution in [3.63, 3.8) is 0 Å². The van der Waals surface area contributed by atoms with Gasteiger partial charge in [0, 0.05) is 18.2 Å². The maximum absolute atomic E-state index is 14.5. The van der Waals surface area contributed by atoms with Gasteiger partial charge in [-0.05, 0) is 47.7 Å². The standard InChI is InChI=1S/C32H28N4O7/c1-18-11-12-23(24(15-18)36(40)41)35-29(38)27-26-19-7-3-5-9-21(19)32(28(27)30(35)39,22-10-6-4-8-20(22)26)17-33-34-25(37)16-31(2)42-13-14-43-31/h3-12,15,17,26-28H,13-14,16H2,1-2H3,(H,34,37)/b33-17-/t26?,27-,28-,32?/m0/s1. The van der Waals surface area contributed by atoms with Crippen LogP contribution in [0.25, 0.3) is 0 Å². The van der Waals surface area contributed by atoms with Crippen molar-refractivity contribution in [1.82, 2.24) is 5.43 Å². The maximum Gasteiger partial charge on any atom is 0.293 e. The number of ether oxygens (including phenoxy) is 2. The van der Waals surface area contributed by atoms with E-state index in [4.69, 9.17) is 9.47 Å². The zero-order valence-corrected chi connectivity index (χ0v) is 23.5. The minimum absolute atomic E-state index is 0.0577. The number of imide groups is 1. The van der Waals surface area contributed by atoms with Crippen LogP contribution in [0, 0.1) is 28.9 Å². The molecular weight excluding hydrogens is 552 g/mol. The lowest BCUT2D eigenvalue weighted by atomic mass is 9.47. The Labute approximate surface area is 246 Å². The van der Waals surface area contributed by atoms with Crippen LogP contribution in [-0.4, -0.2) is 47.9 Å². The fraction of sp³-hybridized carbons (Fsp3) is 0.312. The number of aryl methyl sites for hydroxylation is 1. The lowest BCUT2D eigenvalue weighted by molar-refractivity contribution is -0.384. The first kappa shape index (κ1) is 27.1. The molecule has 5 aliphatic rings. The Balaban J connectivity index is 1.37. The third-order valence-corrected chi connectivity index (χ3v) is 9.09. The van der Waals surface area contributed by atoms with Gasteiger partial charge in [0.05, 0.1) is 41.8 Å². The van der Waals surface area contributed by atoms with Crippen LogP contribution in [0.3, 0.4) is 0 Å². The van der Waals surface area contributed by atoms with E-state index < -0.39 is 51.6 Å². The van der Waals surface area contributed by atoms with E-state index in [1.165, 1.54) is 12.1 Å². The van der Waals surface area contributed by atoms with Crippen molar-refractivity contribution in [2.24, 2.45) is 16.9 Å². The molecule has 1 N–H and O–H groups in total. The van der Waals surface area contributed by atoms with Crippen LogP contribution in [-0.2, 0) is 29.3 Å². The lowest BCUT2D eigenvalue weighted by Crippen LogP contribution is -2.54. The summed E-state index contributed by atoms with van der Waals surface area (Å²) in [5.74, 6) is -4.76. The van der Waals surface area contributed by atoms with Crippen LogP contribution in [0.15, 0.2) is 71.8 Å². The fourth-order valence-electron chi connectivity index (χ4n) is 7.45. The van der Waals surface area contributed by atoms with E-state index in [1.807, 2.05) is 48.5 Å². The predicted molar refractivity (Wildman–Crippen MR) is 154 cm³/mol. The number of hydrogen-bond acceptors (Lipinski definition) is 8. The molecule has 3 amide bonds. The number of nitro benzene ring substituents is 1. The Morgan fingerprint density at radius 2 is 1.67 bits per heavy atom. The summed E-state index contributed by atoms with van der Waals surface area (Å²) in [6, 6.07) is 19.7. The molecule has 2 saturated heterocycles. The van der Waals surface area contributed by atoms with E-state index in [0.717, 1.165) is 27.2 Å². The molecule has 0 spiro atoms. The summed E-state index contributed by atoms with van der Waals surface area (Å²) in [5, 5.41) is 16.4. The minimum Gasteiger partial charge on any atom is -0.347 e. The van der Waals surface area contributed by atoms with E-state index >= 15 is 0 Å². The molecule has 3 aliphatic carbocycles. The van der Waals surface area contributed by atoms with Crippen LogP contribution < -0.4 is 10.3 Å². The molecule has 0 saturated carbocycles. The molecule has 2 aliphatic heterocycles. The van der Waals surface area contributed by atoms with Gasteiger partial charge < -0.3 is 9.47 Å². The van der Waals surface area contributed by atoms with Gasteiger partial charge >= 0.3 is 0 Å². The first-order valence-electron chi connectivity index (χ1n) is 14.1. The van der Waals surface area contributed by atoms with Gasteiger partial charge in [-0.1, -0.05) is 54.6 Å². The first-order chi connectivity index (χ1) is 20.7. The van der Waals surface area contributed by atoms with E-state index in [2.05, 4.69) is 10.5 Å². The molecule has 3 aromatic carbocycles. The lowest BCUT2D eigenvalue weighted by Gasteiger charge is -2.52. The molecule has 2 bridgehead atoms. The average molecular weight is 581 g/mol. The van der Waals surface area contributed by atoms with Crippen molar-refractivity contribution in [2.75, 3.05) is 18.1 Å². The SMILES string of the molecule is Cc1ccc(N2C(=O)[C@@H]3[C@@H](C2=O)C2c4ccccc4C3(/C=N\NC(=O)CC3(C)OCCO3)c3ccccc32)c([N+](=O)[O-])c1. The zero-order valence-electron chi connectivity index (χ0n) is 23.5. The molecule has 0 unspecified atom stereocenters. The highest BCUT2D eigenvalue weighted by atomic mass is 16.7. The predicted octanol–water partition coefficient (Wildman–Crippen LogP) is 3.71. The van der Waals surface area contributed by atoms with Crippen LogP contribution in [0.4, 0.5) is 11.4 Å². The third kappa shape index (κ3) is 3.88. The first-order valence-corrected chi connectivity index (χ1v) is 14.1. The summed E-state index contributed by atoms with van der Waals surface area (Å²) in [6.07, 6.45) is 1.47. The average Bonchev–Trinajstić information content (AvgIpc) is 3.53. The van der Waals surface area contributed by atoms with E-state index in [0.29, 0.717) is 18.8 Å². The second-order valence-corrected chi connectivity index (χ2v) is 11.6. The van der Waals surface area contributed by atoms with Crippen LogP contribution in [0.5, 0.6) is 0 Å². The highest BCUT2D eigenvalue weighted by Gasteiger charge is 2.68. The Bertz CT molecular complexity index is 1700. The number of carbonyl (C=O) groups excluding carboxylic acids is 3. The number of carbonyl (C=O) groups is 3. The molecule has 11 nitrogen and oxygen atoms in total. The number of amides is 3. The second kappa shape index (κ2) is 9.65. The highest BCUT2D eigenvalue weighted by Crippen LogP contribution is 2.64. The fourth-order valence-corrected chi connectivity index (χ4v) is 7.45. The van der Waals surface area contributed by atoms with Crippen LogP contribution >= 0.6 is 0 Å². The van der Waals surface area contributed by atoms with E-state index in [1.54, 1.807) is 26.1 Å². The van der Waals surface area contributed by atoms with Gasteiger partial charge in [0.25, 0.3) is 5.69 Å². The normalized spacial score (nSPS) is 26.4. The molecule has 2 heterocycles. The van der Waals surface area contributed by atoms with Gasteiger partial charge in [0.15, 0.2) is 5.79 Å². The molecule has 0 radical (unpaired) electrons. The van der Waals surface area contributed by atoms with E-state index in [9.17, 15) is 24.5 Å². The summed E-state index contributed by atoms with van der Waals surface area (Å²) < 4.78 is 11.1. The zero-order chi connectivity index (χ0) is 30.1. The van der Waals surface area contributed by atoms with Crippen LogP contribution in [0.1, 0.15) is 47.1 Å². The van der Waals surface area contributed by atoms with Crippen molar-refractivity contribution in [1.29, 1.82) is 0 Å². The smallest absolute Gasteiger partial charge is 0.293 e. The van der Waals surface area contributed by atoms with Crippen molar-refractivity contribution >= 4 is 35.3 Å². The number of benzene rings is 3. The molecule has 43 heavy (non-hydrogen) atoms. The Morgan fingerprint density at radius 1 is 1.05 bits per heavy atom. The number of rotatable bonds is 6. The summed E-state index contributed by atoms with van der Waals surface area (Å²) in [4.78, 5) is 54.1. The Morgan fingerprint density at radius 3 is 2.30 bits per heavy atom. The number of hydrogen-bond donors (Lipinski definition) is 1. The molecule has 11 heteroatoms. The van der Waals surface area contributed by atoms with E-state index in [-0.39, 0.29) is 17.8 Å². The molecular formula is C32H28N4O7. The van der Waals surface area contributed by atoms with Crippen molar-refractivity contribution in [3.8, 4) is 0 Å². The molecule has 2 atom stereocenters. The number of nitro groups is 1. The van der Waals surface area contributed by atoms with Gasteiger partial charge in [-0.2, -0.15) is 5.10 Å². The molecule has 2 fully saturated rings. The van der Waals surface area contributed by atoms with Gasteiger partial charge in [-0.15, -0.1) is 0 Å². The second-order valence-electron chi connectivity index (χ2n) is 11.6. The summed E-state index contributed by atoms with van der Waals surface area (Å²) >= 11 is 0. The van der Waals surface area contributed by atoms with Crippen molar-refractivity contribution < 1.29 is 28.8 Å². The summed E-state index contributed by atoms with van der Waals surface area (Å²) in [6.45, 7) is 4.17. The molecule has 218 valence electrons. The third-order valence-electron chi connectivity index (χ3n) is 9.09. The highest BCUT2D eigenvalue weighted by molar-refractivity contribution is 6.25. The molecule has 0 aromatic heterocycles. The van der Waals surface area contributed by atoms with Gasteiger partial charge in [-0.25, -0.2) is 10.3 Å². The monoisotopic (exact) mass is 580 g/mol. The maximum atomic E-state index is 14.5. The topological polar surface area (TPSA) is 140 Å². The van der Waals surface area contributed by atoms with Crippen molar-refractivity contribution in [3.05, 3.63) is 105 Å². The quantitative estimate of drug-likeness (QED) is 0.203. The Kier molecular flexibility index (Phi) is 6.08. The number of nitrogens with zero attached hydrogens (tertiary/aromatic N) is 3. The summed E-state index contributed by atoms with van der Waals surface area (Å²) in [5.41, 5.74) is 4.95.